The van der Waals surface area contributed by atoms with Crippen molar-refractivity contribution in [2.45, 2.75) is 13.2 Å². The predicted molar refractivity (Wildman–Crippen MR) is 143 cm³/mol. The number of allylic oxidation sites excluding steroid dienone is 1. The summed E-state index contributed by atoms with van der Waals surface area (Å²) in [7, 11) is 3.04. The smallest absolute Gasteiger partial charge is 0.185 e. The maximum Gasteiger partial charge on any atom is 0.185 e. The van der Waals surface area contributed by atoms with Crippen LogP contribution in [0.4, 0.5) is 0 Å². The van der Waals surface area contributed by atoms with Crippen molar-refractivity contribution in [3.05, 3.63) is 119 Å². The molecule has 4 aromatic carbocycles. The fraction of sp³-hybridized carbons (Fsp3) is 0.129. The van der Waals surface area contributed by atoms with E-state index >= 15 is 0 Å². The van der Waals surface area contributed by atoms with Gasteiger partial charge in [0.1, 0.15) is 30.5 Å². The summed E-state index contributed by atoms with van der Waals surface area (Å²) in [5, 5.41) is 10.6. The van der Waals surface area contributed by atoms with Crippen molar-refractivity contribution in [2.75, 3.05) is 14.2 Å². The molecule has 6 nitrogen and oxygen atoms in total. The molecule has 0 aliphatic carbocycles. The minimum Gasteiger partial charge on any atom is -0.507 e. The predicted octanol–water partition coefficient (Wildman–Crippen LogP) is 6.46. The molecule has 188 valence electrons. The lowest BCUT2D eigenvalue weighted by Crippen LogP contribution is -2.01. The van der Waals surface area contributed by atoms with E-state index in [0.29, 0.717) is 47.3 Å². The van der Waals surface area contributed by atoms with Crippen LogP contribution in [-0.2, 0) is 13.2 Å². The van der Waals surface area contributed by atoms with E-state index in [1.807, 2.05) is 60.7 Å². The van der Waals surface area contributed by atoms with Crippen molar-refractivity contribution in [1.82, 2.24) is 0 Å². The van der Waals surface area contributed by atoms with Crippen molar-refractivity contribution in [1.29, 1.82) is 0 Å². The zero-order chi connectivity index (χ0) is 26.0. The molecule has 0 amide bonds. The minimum absolute atomic E-state index is 0.0620. The molecular formula is C31H28O6. The van der Waals surface area contributed by atoms with Crippen LogP contribution < -0.4 is 18.9 Å². The Bertz CT molecular complexity index is 1360. The summed E-state index contributed by atoms with van der Waals surface area (Å²) in [6.45, 7) is 0.692. The second-order valence-electron chi connectivity index (χ2n) is 8.17. The third-order valence-electron chi connectivity index (χ3n) is 5.65. The second kappa shape index (κ2) is 12.3. The second-order valence-corrected chi connectivity index (χ2v) is 8.17. The lowest BCUT2D eigenvalue weighted by atomic mass is 10.1. The summed E-state index contributed by atoms with van der Waals surface area (Å²) in [6.07, 6.45) is 2.90. The van der Waals surface area contributed by atoms with Crippen molar-refractivity contribution in [3.63, 3.8) is 0 Å². The van der Waals surface area contributed by atoms with E-state index in [0.717, 1.165) is 11.1 Å². The van der Waals surface area contributed by atoms with Gasteiger partial charge in [-0.3, -0.25) is 4.79 Å². The van der Waals surface area contributed by atoms with E-state index in [-0.39, 0.29) is 11.5 Å². The van der Waals surface area contributed by atoms with Gasteiger partial charge in [-0.05, 0) is 41.5 Å². The molecule has 4 rings (SSSR count). The van der Waals surface area contributed by atoms with Crippen LogP contribution >= 0.6 is 0 Å². The van der Waals surface area contributed by atoms with Crippen LogP contribution in [0.25, 0.3) is 6.08 Å². The first-order chi connectivity index (χ1) is 18.1. The third kappa shape index (κ3) is 6.70. The van der Waals surface area contributed by atoms with Gasteiger partial charge in [-0.15, -0.1) is 0 Å². The fourth-order valence-electron chi connectivity index (χ4n) is 3.68. The Kier molecular flexibility index (Phi) is 8.45. The molecule has 0 aromatic heterocycles. The lowest BCUT2D eigenvalue weighted by molar-refractivity contribution is 0.104. The molecule has 0 aliphatic heterocycles. The Balaban J connectivity index is 1.49. The zero-order valence-electron chi connectivity index (χ0n) is 20.7. The van der Waals surface area contributed by atoms with Crippen molar-refractivity contribution < 1.29 is 28.8 Å². The number of ketones is 1. The molecule has 0 unspecified atom stereocenters. The van der Waals surface area contributed by atoms with E-state index in [1.165, 1.54) is 25.3 Å². The van der Waals surface area contributed by atoms with Crippen molar-refractivity contribution >= 4 is 11.9 Å². The molecule has 37 heavy (non-hydrogen) atoms. The van der Waals surface area contributed by atoms with Gasteiger partial charge in [-0.1, -0.05) is 60.7 Å². The van der Waals surface area contributed by atoms with Crippen molar-refractivity contribution in [3.8, 4) is 28.7 Å². The number of rotatable bonds is 11. The molecule has 4 aromatic rings. The molecule has 0 heterocycles. The summed E-state index contributed by atoms with van der Waals surface area (Å²) in [5.41, 5.74) is 2.79. The Labute approximate surface area is 216 Å². The summed E-state index contributed by atoms with van der Waals surface area (Å²) < 4.78 is 22.5. The molecule has 0 bridgehead atoms. The molecule has 0 atom stereocenters. The van der Waals surface area contributed by atoms with Gasteiger partial charge in [0.05, 0.1) is 19.8 Å². The Hall–Kier alpha value is -4.71. The van der Waals surface area contributed by atoms with E-state index in [2.05, 4.69) is 0 Å². The lowest BCUT2D eigenvalue weighted by Gasteiger charge is -2.12. The number of methoxy groups -OCH3 is 2. The van der Waals surface area contributed by atoms with Crippen LogP contribution in [0.15, 0.2) is 97.1 Å². The Morgan fingerprint density at radius 1 is 0.730 bits per heavy atom. The molecule has 0 radical (unpaired) electrons. The molecule has 6 heteroatoms. The molecule has 1 N–H and O–H groups in total. The monoisotopic (exact) mass is 496 g/mol. The Morgan fingerprint density at radius 3 is 1.97 bits per heavy atom. The van der Waals surface area contributed by atoms with Crippen LogP contribution in [0.1, 0.15) is 27.0 Å². The number of ether oxygens (including phenoxy) is 4. The van der Waals surface area contributed by atoms with Crippen LogP contribution in [0.2, 0.25) is 0 Å². The van der Waals surface area contributed by atoms with Crippen LogP contribution in [0.3, 0.4) is 0 Å². The third-order valence-corrected chi connectivity index (χ3v) is 5.65. The average molecular weight is 497 g/mol. The zero-order valence-corrected chi connectivity index (χ0v) is 20.7. The molecule has 0 saturated carbocycles. The fourth-order valence-corrected chi connectivity index (χ4v) is 3.68. The summed E-state index contributed by atoms with van der Waals surface area (Å²) in [5.74, 6) is 1.50. The number of phenolic OH excluding ortho intramolecular Hbond substituents is 1. The summed E-state index contributed by atoms with van der Waals surface area (Å²) >= 11 is 0. The normalized spacial score (nSPS) is 10.8. The highest BCUT2D eigenvalue weighted by Crippen LogP contribution is 2.35. The minimum atomic E-state index is -0.266. The molecule has 0 aliphatic rings. The van der Waals surface area contributed by atoms with E-state index in [1.54, 1.807) is 31.4 Å². The van der Waals surface area contributed by atoms with E-state index < -0.39 is 0 Å². The van der Waals surface area contributed by atoms with Gasteiger partial charge >= 0.3 is 0 Å². The van der Waals surface area contributed by atoms with Gasteiger partial charge in [0.2, 0.25) is 0 Å². The van der Waals surface area contributed by atoms with Crippen molar-refractivity contribution in [2.24, 2.45) is 0 Å². The maximum atomic E-state index is 13.0. The number of hydrogen-bond donors (Lipinski definition) is 1. The highest BCUT2D eigenvalue weighted by atomic mass is 16.5. The van der Waals surface area contributed by atoms with Crippen LogP contribution in [0.5, 0.6) is 28.7 Å². The first kappa shape index (κ1) is 25.4. The highest BCUT2D eigenvalue weighted by molar-refractivity contribution is 6.07. The summed E-state index contributed by atoms with van der Waals surface area (Å²) in [4.78, 5) is 13.0. The number of carbonyl (C=O) groups excluding carboxylic acids is 1. The van der Waals surface area contributed by atoms with Crippen LogP contribution in [-0.4, -0.2) is 25.1 Å². The first-order valence-corrected chi connectivity index (χ1v) is 11.7. The topological polar surface area (TPSA) is 74.2 Å². The average Bonchev–Trinajstić information content (AvgIpc) is 2.94. The molecule has 0 saturated heterocycles. The standard InChI is InChI=1S/C31H28O6/c1-34-29-16-13-24(17-31(29)37-21-23-11-7-4-8-12-23)27(32)15-14-26-28(33)18-25(19-30(26)35-2)36-20-22-9-5-3-6-10-22/h3-19,33H,20-21H2,1-2H3. The van der Waals surface area contributed by atoms with Gasteiger partial charge in [0, 0.05) is 17.7 Å². The molecule has 0 fully saturated rings. The number of phenols is 1. The van der Waals surface area contributed by atoms with Gasteiger partial charge < -0.3 is 24.1 Å². The van der Waals surface area contributed by atoms with Gasteiger partial charge in [0.25, 0.3) is 0 Å². The van der Waals surface area contributed by atoms with Gasteiger partial charge in [0.15, 0.2) is 17.3 Å². The van der Waals surface area contributed by atoms with Gasteiger partial charge in [-0.2, -0.15) is 0 Å². The molecule has 0 spiro atoms. The summed E-state index contributed by atoms with van der Waals surface area (Å²) in [6, 6.07) is 27.6. The largest absolute Gasteiger partial charge is 0.507 e. The highest BCUT2D eigenvalue weighted by Gasteiger charge is 2.13. The van der Waals surface area contributed by atoms with E-state index in [9.17, 15) is 9.90 Å². The maximum absolute atomic E-state index is 13.0. The van der Waals surface area contributed by atoms with Crippen LogP contribution in [0, 0.1) is 0 Å². The number of benzene rings is 4. The first-order valence-electron chi connectivity index (χ1n) is 11.7. The van der Waals surface area contributed by atoms with E-state index in [4.69, 9.17) is 18.9 Å². The number of aromatic hydroxyl groups is 1. The number of hydrogen-bond acceptors (Lipinski definition) is 6. The SMILES string of the molecule is COc1ccc(C(=O)C=Cc2c(O)cc(OCc3ccccc3)cc2OC)cc1OCc1ccccc1. The van der Waals surface area contributed by atoms with Gasteiger partial charge in [-0.25, -0.2) is 0 Å². The Morgan fingerprint density at radius 2 is 1.35 bits per heavy atom. The quantitative estimate of drug-likeness (QED) is 0.190. The number of carbonyl (C=O) groups is 1. The molecular weight excluding hydrogens is 468 g/mol.